The number of amides is 1. The van der Waals surface area contributed by atoms with E-state index in [1.807, 2.05) is 0 Å². The molecule has 0 fully saturated rings. The van der Waals surface area contributed by atoms with Crippen LogP contribution in [0.15, 0.2) is 52.5 Å². The molecule has 2 aromatic carbocycles. The number of nitrogens with one attached hydrogen (secondary N) is 1. The van der Waals surface area contributed by atoms with Gasteiger partial charge in [0.25, 0.3) is 5.56 Å². The largest absolute Gasteiger partial charge is 0.495 e. The molecule has 2 aromatic heterocycles. The van der Waals surface area contributed by atoms with Gasteiger partial charge in [0, 0.05) is 35.2 Å². The second-order valence-corrected chi connectivity index (χ2v) is 12.9. The first-order valence-corrected chi connectivity index (χ1v) is 15.1. The van der Waals surface area contributed by atoms with Crippen molar-refractivity contribution in [3.05, 3.63) is 68.6 Å². The number of hydrogen-bond acceptors (Lipinski definition) is 9. The third-order valence-corrected chi connectivity index (χ3v) is 7.50. The van der Waals surface area contributed by atoms with E-state index >= 15 is 0 Å². The van der Waals surface area contributed by atoms with Crippen molar-refractivity contribution in [2.45, 2.75) is 38.1 Å². The molecule has 42 heavy (non-hydrogen) atoms. The molecule has 4 aromatic rings. The lowest BCUT2D eigenvalue weighted by molar-refractivity contribution is 0.0636. The molecular weight excluding hydrogens is 607 g/mol. The molecule has 1 N–H and O–H groups in total. The number of nitrogens with zero attached hydrogens (tertiary/aromatic N) is 3. The normalized spacial score (nSPS) is 11.8. The molecule has 0 spiro atoms. The number of aromatic nitrogens is 3. The Morgan fingerprint density at radius 2 is 1.69 bits per heavy atom. The Kier molecular flexibility index (Phi) is 8.72. The van der Waals surface area contributed by atoms with Crippen molar-refractivity contribution in [2.75, 3.05) is 25.8 Å². The van der Waals surface area contributed by atoms with Gasteiger partial charge in [-0.05, 0) is 44.5 Å². The summed E-state index contributed by atoms with van der Waals surface area (Å²) in [6.45, 7) is 5.17. The molecule has 2 heterocycles. The third-order valence-electron chi connectivity index (χ3n) is 5.89. The van der Waals surface area contributed by atoms with Gasteiger partial charge in [-0.15, -0.1) is 0 Å². The molecule has 222 valence electrons. The van der Waals surface area contributed by atoms with Crippen LogP contribution in [-0.4, -0.2) is 55.1 Å². The second kappa shape index (κ2) is 11.8. The lowest BCUT2D eigenvalue weighted by Gasteiger charge is -2.20. The zero-order chi connectivity index (χ0) is 31.0. The maximum atomic E-state index is 14.1. The Morgan fingerprint density at radius 1 is 1.05 bits per heavy atom. The number of carbonyl (C=O) groups is 1. The Labute approximate surface area is 252 Å². The fourth-order valence-corrected chi connectivity index (χ4v) is 5.32. The van der Waals surface area contributed by atoms with E-state index in [4.69, 9.17) is 37.4 Å². The highest BCUT2D eigenvalue weighted by Crippen LogP contribution is 2.45. The quantitative estimate of drug-likeness (QED) is 0.258. The molecule has 0 unspecified atom stereocenters. The van der Waals surface area contributed by atoms with E-state index in [9.17, 15) is 18.0 Å². The van der Waals surface area contributed by atoms with Gasteiger partial charge in [0.1, 0.15) is 22.7 Å². The third kappa shape index (κ3) is 6.61. The summed E-state index contributed by atoms with van der Waals surface area (Å²) in [5, 5.41) is 2.71. The standard InChI is InChI=1S/C28H28Cl2N4O7S/c1-28(2,3)41-27(36)32-17-9-7-8-15(10-17)14-34-24-16(13-31-26(33-24)42(6,37)38)11-18(25(34)35)21-22(29)19(39-4)12-20(40-5)23(21)30/h7-13H,14H2,1-6H3,(H,32,36). The van der Waals surface area contributed by atoms with Gasteiger partial charge < -0.3 is 14.2 Å². The molecule has 0 bridgehead atoms. The van der Waals surface area contributed by atoms with Gasteiger partial charge in [0.2, 0.25) is 15.0 Å². The van der Waals surface area contributed by atoms with Gasteiger partial charge in [-0.2, -0.15) is 4.98 Å². The van der Waals surface area contributed by atoms with Crippen molar-refractivity contribution in [2.24, 2.45) is 0 Å². The van der Waals surface area contributed by atoms with Crippen LogP contribution in [0.1, 0.15) is 26.3 Å². The molecule has 0 radical (unpaired) electrons. The van der Waals surface area contributed by atoms with Gasteiger partial charge in [-0.1, -0.05) is 35.3 Å². The van der Waals surface area contributed by atoms with Crippen LogP contribution in [0.3, 0.4) is 0 Å². The predicted octanol–water partition coefficient (Wildman–Crippen LogP) is 5.58. The summed E-state index contributed by atoms with van der Waals surface area (Å²) in [5.41, 5.74) is 0.0269. The smallest absolute Gasteiger partial charge is 0.412 e. The summed E-state index contributed by atoms with van der Waals surface area (Å²) >= 11 is 13.3. The second-order valence-electron chi connectivity index (χ2n) is 10.3. The van der Waals surface area contributed by atoms with E-state index in [1.54, 1.807) is 45.0 Å². The summed E-state index contributed by atoms with van der Waals surface area (Å²) < 4.78 is 41.9. The number of hydrogen-bond donors (Lipinski definition) is 1. The highest BCUT2D eigenvalue weighted by molar-refractivity contribution is 7.90. The summed E-state index contributed by atoms with van der Waals surface area (Å²) in [5.74, 6) is 0.451. The van der Waals surface area contributed by atoms with Crippen molar-refractivity contribution in [1.82, 2.24) is 14.5 Å². The number of carbonyl (C=O) groups excluding carboxylic acids is 1. The first kappa shape index (κ1) is 31.1. The molecule has 0 atom stereocenters. The van der Waals surface area contributed by atoms with Crippen molar-refractivity contribution in [1.29, 1.82) is 0 Å². The fourth-order valence-electron chi connectivity index (χ4n) is 4.12. The minimum atomic E-state index is -3.80. The highest BCUT2D eigenvalue weighted by Gasteiger charge is 2.24. The molecule has 1 amide bonds. The average molecular weight is 636 g/mol. The lowest BCUT2D eigenvalue weighted by atomic mass is 10.0. The van der Waals surface area contributed by atoms with E-state index in [-0.39, 0.29) is 44.9 Å². The molecule has 0 aliphatic rings. The fraction of sp³-hybridized carbons (Fsp3) is 0.286. The summed E-state index contributed by atoms with van der Waals surface area (Å²) in [7, 11) is -0.975. The SMILES string of the molecule is COc1cc(OC)c(Cl)c(-c2cc3cnc(S(C)(=O)=O)nc3n(Cc3cccc(NC(=O)OC(C)(C)C)c3)c2=O)c1Cl. The zero-order valence-electron chi connectivity index (χ0n) is 23.6. The number of methoxy groups -OCH3 is 2. The first-order chi connectivity index (χ1) is 19.6. The van der Waals surface area contributed by atoms with Crippen molar-refractivity contribution in [3.63, 3.8) is 0 Å². The van der Waals surface area contributed by atoms with Crippen LogP contribution >= 0.6 is 23.2 Å². The summed E-state index contributed by atoms with van der Waals surface area (Å²) in [4.78, 5) is 34.7. The van der Waals surface area contributed by atoms with Gasteiger partial charge in [-0.25, -0.2) is 18.2 Å². The highest BCUT2D eigenvalue weighted by atomic mass is 35.5. The maximum Gasteiger partial charge on any atom is 0.412 e. The maximum absolute atomic E-state index is 14.1. The Bertz CT molecular complexity index is 1840. The zero-order valence-corrected chi connectivity index (χ0v) is 25.9. The van der Waals surface area contributed by atoms with E-state index in [0.717, 1.165) is 6.26 Å². The summed E-state index contributed by atoms with van der Waals surface area (Å²) in [6.07, 6.45) is 1.63. The molecule has 11 nitrogen and oxygen atoms in total. The van der Waals surface area contributed by atoms with Crippen LogP contribution in [0.4, 0.5) is 10.5 Å². The van der Waals surface area contributed by atoms with Crippen LogP contribution in [-0.2, 0) is 21.1 Å². The molecule has 0 saturated heterocycles. The van der Waals surface area contributed by atoms with Crippen LogP contribution in [0.25, 0.3) is 22.2 Å². The predicted molar refractivity (Wildman–Crippen MR) is 161 cm³/mol. The van der Waals surface area contributed by atoms with Gasteiger partial charge in [-0.3, -0.25) is 14.7 Å². The Morgan fingerprint density at radius 3 is 2.26 bits per heavy atom. The van der Waals surface area contributed by atoms with E-state index in [1.165, 1.54) is 37.1 Å². The van der Waals surface area contributed by atoms with Crippen LogP contribution < -0.4 is 20.3 Å². The monoisotopic (exact) mass is 634 g/mol. The first-order valence-electron chi connectivity index (χ1n) is 12.4. The minimum absolute atomic E-state index is 0.0618. The Balaban J connectivity index is 1.94. The number of benzene rings is 2. The van der Waals surface area contributed by atoms with Crippen LogP contribution in [0, 0.1) is 0 Å². The molecular formula is C28H28Cl2N4O7S. The van der Waals surface area contributed by atoms with E-state index in [2.05, 4.69) is 15.3 Å². The van der Waals surface area contributed by atoms with Crippen LogP contribution in [0.2, 0.25) is 10.0 Å². The molecule has 0 aliphatic heterocycles. The molecule has 0 aliphatic carbocycles. The number of ether oxygens (including phenoxy) is 3. The van der Waals surface area contributed by atoms with Gasteiger partial charge in [0.15, 0.2) is 0 Å². The lowest BCUT2D eigenvalue weighted by Crippen LogP contribution is -2.27. The van der Waals surface area contributed by atoms with Gasteiger partial charge >= 0.3 is 6.09 Å². The van der Waals surface area contributed by atoms with E-state index < -0.39 is 32.2 Å². The topological polar surface area (TPSA) is 139 Å². The number of anilines is 1. The molecule has 4 rings (SSSR count). The van der Waals surface area contributed by atoms with Gasteiger partial charge in [0.05, 0.1) is 36.4 Å². The summed E-state index contributed by atoms with van der Waals surface area (Å²) in [6, 6.07) is 9.72. The number of pyridine rings is 1. The van der Waals surface area contributed by atoms with Crippen LogP contribution in [0.5, 0.6) is 11.5 Å². The molecule has 0 saturated carbocycles. The molecule has 14 heteroatoms. The van der Waals surface area contributed by atoms with E-state index in [0.29, 0.717) is 16.6 Å². The van der Waals surface area contributed by atoms with Crippen molar-refractivity contribution < 1.29 is 27.4 Å². The number of sulfone groups is 1. The minimum Gasteiger partial charge on any atom is -0.495 e. The number of halogens is 2. The van der Waals surface area contributed by atoms with Crippen molar-refractivity contribution in [3.8, 4) is 22.6 Å². The Hall–Kier alpha value is -3.87. The van der Waals surface area contributed by atoms with Crippen molar-refractivity contribution >= 4 is 55.9 Å². The average Bonchev–Trinajstić information content (AvgIpc) is 2.89. The number of fused-ring (bicyclic) bond motifs is 1. The number of rotatable bonds is 7.